The zero-order valence-corrected chi connectivity index (χ0v) is 15.2. The Hall–Kier alpha value is -2.95. The first kappa shape index (κ1) is 15.6. The molecule has 2 aromatic carbocycles. The van der Waals surface area contributed by atoms with Crippen LogP contribution in [0.2, 0.25) is 0 Å². The predicted octanol–water partition coefficient (Wildman–Crippen LogP) is 4.05. The number of aryl methyl sites for hydroxylation is 5. The second-order valence-corrected chi connectivity index (χ2v) is 6.66. The molecule has 2 heterocycles. The number of hydrogen-bond acceptors (Lipinski definition) is 3. The molecule has 5 heteroatoms. The zero-order valence-electron chi connectivity index (χ0n) is 15.2. The quantitative estimate of drug-likeness (QED) is 0.556. The van der Waals surface area contributed by atoms with E-state index in [1.807, 2.05) is 26.1 Å². The van der Waals surface area contributed by atoms with E-state index in [4.69, 9.17) is 0 Å². The molecule has 0 atom stereocenters. The van der Waals surface area contributed by atoms with Gasteiger partial charge in [0.05, 0.1) is 16.7 Å². The molecular weight excluding hydrogens is 310 g/mol. The van der Waals surface area contributed by atoms with Gasteiger partial charge in [0.25, 0.3) is 0 Å². The molecule has 0 saturated carbocycles. The molecule has 4 aromatic rings. The van der Waals surface area contributed by atoms with E-state index in [0.29, 0.717) is 0 Å². The molecule has 0 saturated heterocycles. The standard InChI is InChI=1S/C20H21N5/c1-12-9-13(2)18(14(3)10-12)25-11-21-23-20(25)16-7-6-8-17-19(16)24(5)15(4)22-17/h6-11H,1-5H3. The SMILES string of the molecule is Cc1cc(C)c(-n2cnnc2-c2cccc3nc(C)n(C)c23)c(C)c1. The van der Waals surface area contributed by atoms with E-state index in [9.17, 15) is 0 Å². The Kier molecular flexibility index (Phi) is 3.46. The molecule has 0 radical (unpaired) electrons. The summed E-state index contributed by atoms with van der Waals surface area (Å²) in [7, 11) is 2.04. The number of aromatic nitrogens is 5. The van der Waals surface area contributed by atoms with Crippen LogP contribution < -0.4 is 0 Å². The molecule has 0 bridgehead atoms. The van der Waals surface area contributed by atoms with Gasteiger partial charge in [0.2, 0.25) is 0 Å². The van der Waals surface area contributed by atoms with Crippen molar-refractivity contribution >= 4 is 11.0 Å². The third-order valence-corrected chi connectivity index (χ3v) is 4.78. The van der Waals surface area contributed by atoms with Crippen LogP contribution in [0.5, 0.6) is 0 Å². The summed E-state index contributed by atoms with van der Waals surface area (Å²) < 4.78 is 4.19. The van der Waals surface area contributed by atoms with Crippen LogP contribution in [-0.4, -0.2) is 24.3 Å². The van der Waals surface area contributed by atoms with Crippen LogP contribution in [0.25, 0.3) is 28.1 Å². The van der Waals surface area contributed by atoms with E-state index in [-0.39, 0.29) is 0 Å². The van der Waals surface area contributed by atoms with Crippen molar-refractivity contribution in [2.24, 2.45) is 7.05 Å². The Morgan fingerprint density at radius 3 is 2.40 bits per heavy atom. The zero-order chi connectivity index (χ0) is 17.7. The van der Waals surface area contributed by atoms with Crippen molar-refractivity contribution in [3.05, 3.63) is 59.2 Å². The molecule has 0 spiro atoms. The highest BCUT2D eigenvalue weighted by atomic mass is 15.3. The van der Waals surface area contributed by atoms with E-state index in [1.54, 1.807) is 6.33 Å². The van der Waals surface area contributed by atoms with Gasteiger partial charge in [0.15, 0.2) is 5.82 Å². The van der Waals surface area contributed by atoms with Crippen molar-refractivity contribution < 1.29 is 0 Å². The lowest BCUT2D eigenvalue weighted by molar-refractivity contribution is 0.885. The Labute approximate surface area is 147 Å². The van der Waals surface area contributed by atoms with E-state index < -0.39 is 0 Å². The predicted molar refractivity (Wildman–Crippen MR) is 100 cm³/mol. The van der Waals surface area contributed by atoms with Crippen molar-refractivity contribution in [1.29, 1.82) is 0 Å². The van der Waals surface area contributed by atoms with E-state index in [1.165, 1.54) is 16.7 Å². The molecule has 0 unspecified atom stereocenters. The molecule has 0 N–H and O–H groups in total. The molecule has 0 aliphatic heterocycles. The van der Waals surface area contributed by atoms with Crippen LogP contribution in [0.1, 0.15) is 22.5 Å². The minimum absolute atomic E-state index is 0.837. The van der Waals surface area contributed by atoms with Crippen molar-refractivity contribution in [2.45, 2.75) is 27.7 Å². The summed E-state index contributed by atoms with van der Waals surface area (Å²) in [6.07, 6.45) is 1.79. The molecule has 25 heavy (non-hydrogen) atoms. The van der Waals surface area contributed by atoms with Gasteiger partial charge in [-0.15, -0.1) is 10.2 Å². The van der Waals surface area contributed by atoms with Crippen LogP contribution in [0.4, 0.5) is 0 Å². The number of rotatable bonds is 2. The van der Waals surface area contributed by atoms with Crippen molar-refractivity contribution in [3.8, 4) is 17.1 Å². The first-order valence-electron chi connectivity index (χ1n) is 8.38. The van der Waals surface area contributed by atoms with Crippen LogP contribution in [0.15, 0.2) is 36.7 Å². The molecule has 0 aliphatic rings. The summed E-state index contributed by atoms with van der Waals surface area (Å²) >= 11 is 0. The third-order valence-electron chi connectivity index (χ3n) is 4.78. The lowest BCUT2D eigenvalue weighted by Crippen LogP contribution is -2.03. The Morgan fingerprint density at radius 2 is 1.68 bits per heavy atom. The van der Waals surface area contributed by atoms with E-state index in [2.05, 4.69) is 63.3 Å². The number of hydrogen-bond donors (Lipinski definition) is 0. The maximum absolute atomic E-state index is 4.64. The molecule has 0 aliphatic carbocycles. The molecule has 2 aromatic heterocycles. The second-order valence-electron chi connectivity index (χ2n) is 6.66. The minimum atomic E-state index is 0.837. The maximum atomic E-state index is 4.64. The highest BCUT2D eigenvalue weighted by Crippen LogP contribution is 2.31. The summed E-state index contributed by atoms with van der Waals surface area (Å²) in [5.74, 6) is 1.82. The Balaban J connectivity index is 2.02. The summed E-state index contributed by atoms with van der Waals surface area (Å²) in [5.41, 5.74) is 7.93. The van der Waals surface area contributed by atoms with Crippen LogP contribution in [-0.2, 0) is 7.05 Å². The molecule has 0 amide bonds. The average Bonchev–Trinajstić information content (AvgIpc) is 3.12. The number of para-hydroxylation sites is 1. The number of benzene rings is 2. The molecule has 0 fully saturated rings. The topological polar surface area (TPSA) is 48.5 Å². The summed E-state index contributed by atoms with van der Waals surface area (Å²) in [5, 5.41) is 8.65. The van der Waals surface area contributed by atoms with Gasteiger partial charge in [-0.2, -0.15) is 0 Å². The fourth-order valence-electron chi connectivity index (χ4n) is 3.70. The summed E-state index contributed by atoms with van der Waals surface area (Å²) in [6.45, 7) is 8.40. The number of imidazole rings is 1. The highest BCUT2D eigenvalue weighted by molar-refractivity contribution is 5.91. The first-order valence-corrected chi connectivity index (χ1v) is 8.38. The fourth-order valence-corrected chi connectivity index (χ4v) is 3.70. The van der Waals surface area contributed by atoms with E-state index >= 15 is 0 Å². The van der Waals surface area contributed by atoms with Crippen molar-refractivity contribution in [3.63, 3.8) is 0 Å². The molecule has 5 nitrogen and oxygen atoms in total. The maximum Gasteiger partial charge on any atom is 0.170 e. The summed E-state index contributed by atoms with van der Waals surface area (Å²) in [6, 6.07) is 10.5. The van der Waals surface area contributed by atoms with Gasteiger partial charge in [-0.1, -0.05) is 23.8 Å². The number of fused-ring (bicyclic) bond motifs is 1. The van der Waals surface area contributed by atoms with Gasteiger partial charge in [-0.3, -0.25) is 4.57 Å². The second kappa shape index (κ2) is 5.55. The van der Waals surface area contributed by atoms with Gasteiger partial charge in [0.1, 0.15) is 12.2 Å². The lowest BCUT2D eigenvalue weighted by Gasteiger charge is -2.15. The van der Waals surface area contributed by atoms with Crippen LogP contribution in [0, 0.1) is 27.7 Å². The monoisotopic (exact) mass is 331 g/mol. The van der Waals surface area contributed by atoms with E-state index in [0.717, 1.165) is 33.9 Å². The number of nitrogens with zero attached hydrogens (tertiary/aromatic N) is 5. The Bertz CT molecular complexity index is 1080. The highest BCUT2D eigenvalue weighted by Gasteiger charge is 2.18. The molecule has 4 rings (SSSR count). The third kappa shape index (κ3) is 2.35. The lowest BCUT2D eigenvalue weighted by atomic mass is 10.0. The van der Waals surface area contributed by atoms with Gasteiger partial charge >= 0.3 is 0 Å². The van der Waals surface area contributed by atoms with Crippen molar-refractivity contribution in [1.82, 2.24) is 24.3 Å². The fraction of sp³-hybridized carbons (Fsp3) is 0.250. The van der Waals surface area contributed by atoms with Crippen LogP contribution in [0.3, 0.4) is 0 Å². The molecule has 126 valence electrons. The summed E-state index contributed by atoms with van der Waals surface area (Å²) in [4.78, 5) is 4.64. The van der Waals surface area contributed by atoms with Gasteiger partial charge in [-0.05, 0) is 51.0 Å². The normalized spacial score (nSPS) is 11.4. The Morgan fingerprint density at radius 1 is 0.960 bits per heavy atom. The van der Waals surface area contributed by atoms with Gasteiger partial charge in [0, 0.05) is 12.6 Å². The first-order chi connectivity index (χ1) is 12.0. The molecular formula is C20H21N5. The largest absolute Gasteiger partial charge is 0.331 e. The van der Waals surface area contributed by atoms with Gasteiger partial charge in [-0.25, -0.2) is 4.98 Å². The minimum Gasteiger partial charge on any atom is -0.331 e. The average molecular weight is 331 g/mol. The van der Waals surface area contributed by atoms with Gasteiger partial charge < -0.3 is 4.57 Å². The van der Waals surface area contributed by atoms with Crippen LogP contribution >= 0.6 is 0 Å². The smallest absolute Gasteiger partial charge is 0.170 e. The van der Waals surface area contributed by atoms with Crippen molar-refractivity contribution in [2.75, 3.05) is 0 Å².